The predicted octanol–water partition coefficient (Wildman–Crippen LogP) is 5.68. The van der Waals surface area contributed by atoms with Gasteiger partial charge in [0.1, 0.15) is 5.37 Å². The van der Waals surface area contributed by atoms with E-state index in [2.05, 4.69) is 15.9 Å². The fourth-order valence-electron chi connectivity index (χ4n) is 2.83. The topological polar surface area (TPSA) is 38.8 Å². The van der Waals surface area contributed by atoms with Crippen molar-refractivity contribution in [1.29, 1.82) is 0 Å². The molecule has 1 amide bonds. The highest BCUT2D eigenvalue weighted by molar-refractivity contribution is 9.10. The number of hydrogen-bond donors (Lipinski definition) is 0. The van der Waals surface area contributed by atoms with Crippen molar-refractivity contribution in [2.24, 2.45) is 0 Å². The van der Waals surface area contributed by atoms with E-state index < -0.39 is 0 Å². The largest absolute Gasteiger partial charge is 0.490 e. The number of halogens is 2. The molecule has 1 atom stereocenters. The van der Waals surface area contributed by atoms with Crippen LogP contribution in [0.4, 0.5) is 5.69 Å². The normalized spacial score (nSPS) is 16.8. The lowest BCUT2D eigenvalue weighted by Gasteiger charge is -2.25. The van der Waals surface area contributed by atoms with Crippen LogP contribution in [-0.4, -0.2) is 24.9 Å². The Bertz CT molecular complexity index is 800. The Hall–Kier alpha value is -1.37. The molecule has 4 nitrogen and oxygen atoms in total. The minimum absolute atomic E-state index is 0.0743. The lowest BCUT2D eigenvalue weighted by atomic mass is 10.1. The average molecular weight is 457 g/mol. The number of nitrogens with zero attached hydrogens (tertiary/aromatic N) is 1. The quantitative estimate of drug-likeness (QED) is 0.561. The van der Waals surface area contributed by atoms with E-state index in [1.165, 1.54) is 0 Å². The van der Waals surface area contributed by atoms with Gasteiger partial charge in [-0.3, -0.25) is 9.69 Å². The number of carbonyl (C=O) groups excluding carboxylic acids is 1. The van der Waals surface area contributed by atoms with E-state index >= 15 is 0 Å². The van der Waals surface area contributed by atoms with E-state index in [9.17, 15) is 4.79 Å². The maximum atomic E-state index is 12.5. The van der Waals surface area contributed by atoms with Gasteiger partial charge in [0, 0.05) is 10.7 Å². The summed E-state index contributed by atoms with van der Waals surface area (Å²) in [4.78, 5) is 14.3. The number of anilines is 1. The van der Waals surface area contributed by atoms with Gasteiger partial charge in [-0.2, -0.15) is 0 Å². The van der Waals surface area contributed by atoms with Crippen molar-refractivity contribution < 1.29 is 14.3 Å². The summed E-state index contributed by atoms with van der Waals surface area (Å²) in [5.74, 6) is 1.87. The molecule has 0 aliphatic carbocycles. The lowest BCUT2D eigenvalue weighted by molar-refractivity contribution is -0.115. The molecule has 1 aliphatic rings. The molecule has 0 spiro atoms. The van der Waals surface area contributed by atoms with Crippen molar-refractivity contribution in [3.8, 4) is 11.5 Å². The molecule has 1 saturated heterocycles. The Labute approximate surface area is 170 Å². The summed E-state index contributed by atoms with van der Waals surface area (Å²) < 4.78 is 12.3. The third kappa shape index (κ3) is 3.97. The van der Waals surface area contributed by atoms with Crippen LogP contribution < -0.4 is 14.4 Å². The van der Waals surface area contributed by atoms with Crippen LogP contribution in [0, 0.1) is 0 Å². The summed E-state index contributed by atoms with van der Waals surface area (Å²) in [5, 5.41) is 0.516. The predicted molar refractivity (Wildman–Crippen MR) is 111 cm³/mol. The molecule has 138 valence electrons. The maximum Gasteiger partial charge on any atom is 0.238 e. The molecule has 0 radical (unpaired) electrons. The van der Waals surface area contributed by atoms with Gasteiger partial charge in [-0.1, -0.05) is 11.6 Å². The van der Waals surface area contributed by atoms with Gasteiger partial charge in [-0.05, 0) is 71.7 Å². The highest BCUT2D eigenvalue weighted by Crippen LogP contribution is 2.46. The average Bonchev–Trinajstić information content (AvgIpc) is 3.00. The van der Waals surface area contributed by atoms with E-state index in [0.29, 0.717) is 35.5 Å². The molecule has 26 heavy (non-hydrogen) atoms. The molecule has 0 aromatic heterocycles. The number of carbonyl (C=O) groups is 1. The zero-order valence-electron chi connectivity index (χ0n) is 14.5. The van der Waals surface area contributed by atoms with Crippen LogP contribution in [0.5, 0.6) is 11.5 Å². The summed E-state index contributed by atoms with van der Waals surface area (Å²) in [6.07, 6.45) is 0. The third-order valence-electron chi connectivity index (χ3n) is 3.88. The van der Waals surface area contributed by atoms with Crippen LogP contribution in [0.2, 0.25) is 5.02 Å². The molecule has 2 aromatic rings. The Morgan fingerprint density at radius 1 is 1.19 bits per heavy atom. The Balaban J connectivity index is 2.01. The van der Waals surface area contributed by atoms with E-state index in [1.54, 1.807) is 28.8 Å². The van der Waals surface area contributed by atoms with Crippen molar-refractivity contribution in [3.05, 3.63) is 51.5 Å². The zero-order chi connectivity index (χ0) is 18.7. The number of hydrogen-bond acceptors (Lipinski definition) is 4. The zero-order valence-corrected chi connectivity index (χ0v) is 17.7. The van der Waals surface area contributed by atoms with Crippen LogP contribution in [0.15, 0.2) is 40.9 Å². The molecule has 3 rings (SSSR count). The van der Waals surface area contributed by atoms with Crippen molar-refractivity contribution >= 4 is 50.9 Å². The van der Waals surface area contributed by atoms with Crippen LogP contribution >= 0.6 is 39.3 Å². The second-order valence-corrected chi connectivity index (χ2v) is 7.96. The lowest BCUT2D eigenvalue weighted by Crippen LogP contribution is -2.27. The molecule has 0 N–H and O–H groups in total. The summed E-state index contributed by atoms with van der Waals surface area (Å²) >= 11 is 11.2. The fourth-order valence-corrected chi connectivity index (χ4v) is 4.69. The Morgan fingerprint density at radius 3 is 2.54 bits per heavy atom. The summed E-state index contributed by atoms with van der Waals surface area (Å²) in [6, 6.07) is 11.3. The maximum absolute atomic E-state index is 12.5. The van der Waals surface area contributed by atoms with Crippen molar-refractivity contribution in [3.63, 3.8) is 0 Å². The standard InChI is InChI=1S/C19H19BrClNO3S/c1-3-24-16-10-12(9-15(20)18(16)25-4-2)19-22(17(23)11-26-19)14-7-5-13(21)6-8-14/h5-10,19H,3-4,11H2,1-2H3/t19-/m0/s1. The van der Waals surface area contributed by atoms with E-state index in [4.69, 9.17) is 21.1 Å². The number of thioether (sulfide) groups is 1. The fraction of sp³-hybridized carbons (Fsp3) is 0.316. The highest BCUT2D eigenvalue weighted by Gasteiger charge is 2.35. The molecular formula is C19H19BrClNO3S. The highest BCUT2D eigenvalue weighted by atomic mass is 79.9. The van der Waals surface area contributed by atoms with Crippen molar-refractivity contribution in [1.82, 2.24) is 0 Å². The molecule has 1 fully saturated rings. The first-order valence-corrected chi connectivity index (χ1v) is 10.5. The Morgan fingerprint density at radius 2 is 1.88 bits per heavy atom. The summed E-state index contributed by atoms with van der Waals surface area (Å²) in [5.41, 5.74) is 1.81. The van der Waals surface area contributed by atoms with Crippen LogP contribution in [-0.2, 0) is 4.79 Å². The van der Waals surface area contributed by atoms with Gasteiger partial charge in [-0.25, -0.2) is 0 Å². The number of rotatable bonds is 6. The molecule has 0 bridgehead atoms. The summed E-state index contributed by atoms with van der Waals surface area (Å²) in [6.45, 7) is 4.95. The van der Waals surface area contributed by atoms with Crippen molar-refractivity contribution in [2.75, 3.05) is 23.9 Å². The van der Waals surface area contributed by atoms with Gasteiger partial charge >= 0.3 is 0 Å². The van der Waals surface area contributed by atoms with E-state index in [-0.39, 0.29) is 11.3 Å². The van der Waals surface area contributed by atoms with E-state index in [1.807, 2.05) is 38.1 Å². The molecule has 7 heteroatoms. The van der Waals surface area contributed by atoms with Crippen molar-refractivity contribution in [2.45, 2.75) is 19.2 Å². The molecule has 2 aromatic carbocycles. The minimum Gasteiger partial charge on any atom is -0.490 e. The van der Waals surface area contributed by atoms with Gasteiger partial charge < -0.3 is 9.47 Å². The number of ether oxygens (including phenoxy) is 2. The monoisotopic (exact) mass is 455 g/mol. The van der Waals surface area contributed by atoms with Crippen LogP contribution in [0.25, 0.3) is 0 Å². The second kappa shape index (κ2) is 8.55. The molecule has 0 unspecified atom stereocenters. The third-order valence-corrected chi connectivity index (χ3v) is 5.93. The molecule has 1 aliphatic heterocycles. The SMILES string of the molecule is CCOc1cc([C@@H]2SCC(=O)N2c2ccc(Cl)cc2)cc(Br)c1OCC. The first kappa shape index (κ1) is 19.4. The first-order valence-electron chi connectivity index (χ1n) is 8.33. The Kier molecular flexibility index (Phi) is 6.37. The van der Waals surface area contributed by atoms with Crippen LogP contribution in [0.1, 0.15) is 24.8 Å². The minimum atomic E-state index is -0.130. The van der Waals surface area contributed by atoms with Crippen LogP contribution in [0.3, 0.4) is 0 Å². The van der Waals surface area contributed by atoms with Gasteiger partial charge in [0.25, 0.3) is 0 Å². The van der Waals surface area contributed by atoms with Gasteiger partial charge in [0.15, 0.2) is 11.5 Å². The smallest absolute Gasteiger partial charge is 0.238 e. The van der Waals surface area contributed by atoms with Gasteiger partial charge in [-0.15, -0.1) is 11.8 Å². The molecule has 1 heterocycles. The second-order valence-electron chi connectivity index (χ2n) is 5.60. The molecular weight excluding hydrogens is 438 g/mol. The first-order chi connectivity index (χ1) is 12.5. The van der Waals surface area contributed by atoms with Gasteiger partial charge in [0.05, 0.1) is 23.4 Å². The molecule has 0 saturated carbocycles. The van der Waals surface area contributed by atoms with E-state index in [0.717, 1.165) is 15.7 Å². The number of benzene rings is 2. The van der Waals surface area contributed by atoms with Gasteiger partial charge in [0.2, 0.25) is 5.91 Å². The number of amides is 1. The summed E-state index contributed by atoms with van der Waals surface area (Å²) in [7, 11) is 0.